The van der Waals surface area contributed by atoms with Crippen LogP contribution in [0.4, 0.5) is 0 Å². The van der Waals surface area contributed by atoms with Gasteiger partial charge in [-0.3, -0.25) is 4.99 Å². The predicted molar refractivity (Wildman–Crippen MR) is 65.4 cm³/mol. The molecule has 1 heteroatoms. The lowest BCUT2D eigenvalue weighted by Crippen LogP contribution is -1.97. The van der Waals surface area contributed by atoms with E-state index in [0.717, 1.165) is 5.71 Å². The molecule has 1 aliphatic rings. The molecule has 1 unspecified atom stereocenters. The summed E-state index contributed by atoms with van der Waals surface area (Å²) in [6.45, 7) is 4.39. The number of nitrogens with zero attached hydrogens (tertiary/aromatic N) is 1. The predicted octanol–water partition coefficient (Wildman–Crippen LogP) is 3.60. The molecule has 0 N–H and O–H groups in total. The molecule has 0 saturated carbocycles. The minimum absolute atomic E-state index is 0.375. The number of hydrogen-bond acceptors (Lipinski definition) is 1. The molecule has 0 radical (unpaired) electrons. The first kappa shape index (κ1) is 10.2. The van der Waals surface area contributed by atoms with Gasteiger partial charge < -0.3 is 0 Å². The van der Waals surface area contributed by atoms with Crippen LogP contribution in [-0.2, 0) is 0 Å². The van der Waals surface area contributed by atoms with Crippen LogP contribution in [0, 0.1) is 0 Å². The molecule has 1 aromatic rings. The first-order valence-corrected chi connectivity index (χ1v) is 5.65. The lowest BCUT2D eigenvalue weighted by molar-refractivity contribution is 0.785. The Bertz CT molecular complexity index is 387. The fourth-order valence-electron chi connectivity index (χ4n) is 1.96. The van der Waals surface area contributed by atoms with Crippen molar-refractivity contribution in [3.8, 4) is 0 Å². The van der Waals surface area contributed by atoms with E-state index in [9.17, 15) is 0 Å². The molecule has 15 heavy (non-hydrogen) atoms. The molecule has 0 bridgehead atoms. The van der Waals surface area contributed by atoms with Gasteiger partial charge in [-0.15, -0.1) is 0 Å². The Balaban J connectivity index is 2.23. The summed E-state index contributed by atoms with van der Waals surface area (Å²) in [6, 6.07) is 10.8. The van der Waals surface area contributed by atoms with Gasteiger partial charge in [-0.2, -0.15) is 0 Å². The maximum atomic E-state index is 4.68. The van der Waals surface area contributed by atoms with Crippen molar-refractivity contribution in [3.63, 3.8) is 0 Å². The summed E-state index contributed by atoms with van der Waals surface area (Å²) in [7, 11) is 0. The monoisotopic (exact) mass is 199 g/mol. The molecule has 0 saturated heterocycles. The van der Waals surface area contributed by atoms with Gasteiger partial charge in [0.05, 0.1) is 11.8 Å². The van der Waals surface area contributed by atoms with Gasteiger partial charge in [0.15, 0.2) is 0 Å². The van der Waals surface area contributed by atoms with Gasteiger partial charge in [-0.1, -0.05) is 43.7 Å². The van der Waals surface area contributed by atoms with Gasteiger partial charge in [0, 0.05) is 0 Å². The Hall–Kier alpha value is -1.37. The van der Waals surface area contributed by atoms with Crippen LogP contribution in [0.1, 0.15) is 32.3 Å². The molecule has 78 valence electrons. The lowest BCUT2D eigenvalue weighted by Gasteiger charge is -2.03. The van der Waals surface area contributed by atoms with Crippen molar-refractivity contribution in [1.82, 2.24) is 0 Å². The molecule has 0 fully saturated rings. The second kappa shape index (κ2) is 4.43. The van der Waals surface area contributed by atoms with E-state index in [0.29, 0.717) is 6.04 Å². The fraction of sp³-hybridized carbons (Fsp3) is 0.357. The summed E-state index contributed by atoms with van der Waals surface area (Å²) in [5.74, 6) is 0. The largest absolute Gasteiger partial charge is 0.277 e. The molecule has 1 nitrogen and oxygen atoms in total. The van der Waals surface area contributed by atoms with Gasteiger partial charge >= 0.3 is 0 Å². The highest BCUT2D eigenvalue weighted by atomic mass is 14.8. The maximum absolute atomic E-state index is 4.68. The highest BCUT2D eigenvalue weighted by Gasteiger charge is 2.15. The van der Waals surface area contributed by atoms with Crippen molar-refractivity contribution in [2.45, 2.75) is 32.7 Å². The van der Waals surface area contributed by atoms with E-state index in [1.807, 2.05) is 6.07 Å². The summed E-state index contributed by atoms with van der Waals surface area (Å²) in [5, 5.41) is 0. The van der Waals surface area contributed by atoms with E-state index in [-0.39, 0.29) is 0 Å². The van der Waals surface area contributed by atoms with Crippen molar-refractivity contribution in [3.05, 3.63) is 47.5 Å². The zero-order valence-corrected chi connectivity index (χ0v) is 9.40. The molecule has 0 aliphatic carbocycles. The second-order valence-corrected chi connectivity index (χ2v) is 4.03. The molecule has 1 aromatic carbocycles. The first-order chi connectivity index (χ1) is 7.31. The Morgan fingerprint density at radius 2 is 1.93 bits per heavy atom. The SMILES string of the molecule is CCCC1=CC(c2ccccc2)=NC1C. The quantitative estimate of drug-likeness (QED) is 0.705. The zero-order valence-electron chi connectivity index (χ0n) is 9.40. The van der Waals surface area contributed by atoms with E-state index in [4.69, 9.17) is 0 Å². The molecule has 0 amide bonds. The summed E-state index contributed by atoms with van der Waals surface area (Å²) in [4.78, 5) is 4.68. The van der Waals surface area contributed by atoms with Gasteiger partial charge in [-0.25, -0.2) is 0 Å². The van der Waals surface area contributed by atoms with E-state index >= 15 is 0 Å². The number of allylic oxidation sites excluding steroid dienone is 1. The van der Waals surface area contributed by atoms with Crippen LogP contribution < -0.4 is 0 Å². The maximum Gasteiger partial charge on any atom is 0.0692 e. The number of rotatable bonds is 3. The third-order valence-electron chi connectivity index (χ3n) is 2.80. The minimum Gasteiger partial charge on any atom is -0.277 e. The van der Waals surface area contributed by atoms with Crippen LogP contribution in [0.5, 0.6) is 0 Å². The zero-order chi connectivity index (χ0) is 10.7. The molecule has 1 heterocycles. The van der Waals surface area contributed by atoms with Crippen LogP contribution in [0.15, 0.2) is 47.0 Å². The number of benzene rings is 1. The Morgan fingerprint density at radius 3 is 2.60 bits per heavy atom. The van der Waals surface area contributed by atoms with Gasteiger partial charge in [0.25, 0.3) is 0 Å². The number of hydrogen-bond donors (Lipinski definition) is 0. The number of aliphatic imine (C=N–C) groups is 1. The fourth-order valence-corrected chi connectivity index (χ4v) is 1.96. The van der Waals surface area contributed by atoms with Gasteiger partial charge in [-0.05, 0) is 30.6 Å². The van der Waals surface area contributed by atoms with E-state index < -0.39 is 0 Å². The summed E-state index contributed by atoms with van der Waals surface area (Å²) >= 11 is 0. The third kappa shape index (κ3) is 2.17. The lowest BCUT2D eigenvalue weighted by atomic mass is 10.0. The molecule has 2 rings (SSSR count). The summed E-state index contributed by atoms with van der Waals surface area (Å²) < 4.78 is 0. The normalized spacial score (nSPS) is 20.0. The average molecular weight is 199 g/mol. The van der Waals surface area contributed by atoms with Crippen LogP contribution in [0.3, 0.4) is 0 Å². The van der Waals surface area contributed by atoms with E-state index in [1.165, 1.54) is 24.0 Å². The van der Waals surface area contributed by atoms with Crippen molar-refractivity contribution in [1.29, 1.82) is 0 Å². The smallest absolute Gasteiger partial charge is 0.0692 e. The van der Waals surface area contributed by atoms with Crippen molar-refractivity contribution >= 4 is 5.71 Å². The molecule has 1 atom stereocenters. The summed E-state index contributed by atoms with van der Waals surface area (Å²) in [5.41, 5.74) is 3.85. The summed E-state index contributed by atoms with van der Waals surface area (Å²) in [6.07, 6.45) is 4.62. The first-order valence-electron chi connectivity index (χ1n) is 5.65. The molecule has 0 aromatic heterocycles. The van der Waals surface area contributed by atoms with E-state index in [2.05, 4.69) is 49.2 Å². The van der Waals surface area contributed by atoms with Crippen LogP contribution in [0.2, 0.25) is 0 Å². The Kier molecular flexibility index (Phi) is 3.00. The average Bonchev–Trinajstić information content (AvgIpc) is 2.63. The van der Waals surface area contributed by atoms with Crippen LogP contribution >= 0.6 is 0 Å². The second-order valence-electron chi connectivity index (χ2n) is 4.03. The Morgan fingerprint density at radius 1 is 1.20 bits per heavy atom. The van der Waals surface area contributed by atoms with Crippen molar-refractivity contribution in [2.24, 2.45) is 4.99 Å². The van der Waals surface area contributed by atoms with Crippen molar-refractivity contribution in [2.75, 3.05) is 0 Å². The van der Waals surface area contributed by atoms with Crippen molar-refractivity contribution < 1.29 is 0 Å². The topological polar surface area (TPSA) is 12.4 Å². The van der Waals surface area contributed by atoms with Crippen LogP contribution in [-0.4, -0.2) is 11.8 Å². The minimum atomic E-state index is 0.375. The van der Waals surface area contributed by atoms with E-state index in [1.54, 1.807) is 0 Å². The molecular formula is C14H17N. The molecule has 1 aliphatic heterocycles. The Labute approximate surface area is 91.6 Å². The highest BCUT2D eigenvalue weighted by molar-refractivity contribution is 6.10. The van der Waals surface area contributed by atoms with Crippen LogP contribution in [0.25, 0.3) is 0 Å². The van der Waals surface area contributed by atoms with Gasteiger partial charge in [0.2, 0.25) is 0 Å². The third-order valence-corrected chi connectivity index (χ3v) is 2.80. The molecule has 0 spiro atoms. The molecular weight excluding hydrogens is 182 g/mol. The van der Waals surface area contributed by atoms with Gasteiger partial charge in [0.1, 0.15) is 0 Å². The highest BCUT2D eigenvalue weighted by Crippen LogP contribution is 2.21. The standard InChI is InChI=1S/C14H17N/c1-3-7-13-10-14(15-11(13)2)12-8-5-4-6-9-12/h4-6,8-11H,3,7H2,1-2H3.